The molecule has 0 radical (unpaired) electrons. The number of halogens is 4. The molecular formula is C10H9ClF3NO2. The summed E-state index contributed by atoms with van der Waals surface area (Å²) in [6.45, 7) is -1.40. The average molecular weight is 268 g/mol. The van der Waals surface area contributed by atoms with Crippen LogP contribution in [0.3, 0.4) is 0 Å². The van der Waals surface area contributed by atoms with Crippen molar-refractivity contribution in [3.63, 3.8) is 0 Å². The van der Waals surface area contributed by atoms with E-state index in [0.29, 0.717) is 0 Å². The van der Waals surface area contributed by atoms with Crippen molar-refractivity contribution in [2.45, 2.75) is 6.18 Å². The van der Waals surface area contributed by atoms with Crippen molar-refractivity contribution in [1.82, 2.24) is 5.32 Å². The lowest BCUT2D eigenvalue weighted by atomic mass is 10.2. The van der Waals surface area contributed by atoms with E-state index in [9.17, 15) is 18.0 Å². The maximum atomic E-state index is 11.9. The summed E-state index contributed by atoms with van der Waals surface area (Å²) in [4.78, 5) is 11.5. The molecule has 0 aliphatic heterocycles. The van der Waals surface area contributed by atoms with Crippen LogP contribution < -0.4 is 10.1 Å². The molecule has 0 atom stereocenters. The molecule has 3 nitrogen and oxygen atoms in total. The summed E-state index contributed by atoms with van der Waals surface area (Å²) >= 11 is 5.65. The number of hydrogen-bond donors (Lipinski definition) is 1. The van der Waals surface area contributed by atoms with E-state index in [1.54, 1.807) is 5.32 Å². The number of carbonyl (C=O) groups excluding carboxylic acids is 1. The summed E-state index contributed by atoms with van der Waals surface area (Å²) in [6, 6.07) is 4.12. The van der Waals surface area contributed by atoms with Crippen molar-refractivity contribution in [2.75, 3.05) is 13.7 Å². The Labute approximate surface area is 101 Å². The second-order valence-electron chi connectivity index (χ2n) is 3.14. The molecule has 1 N–H and O–H groups in total. The first-order valence-corrected chi connectivity index (χ1v) is 4.90. The van der Waals surface area contributed by atoms with Gasteiger partial charge in [-0.2, -0.15) is 13.2 Å². The lowest BCUT2D eigenvalue weighted by molar-refractivity contribution is -0.123. The van der Waals surface area contributed by atoms with Gasteiger partial charge in [0.05, 0.1) is 12.7 Å². The third kappa shape index (κ3) is 4.14. The summed E-state index contributed by atoms with van der Waals surface area (Å²) in [5, 5.41) is 1.98. The largest absolute Gasteiger partial charge is 0.496 e. The van der Waals surface area contributed by atoms with Crippen LogP contribution in [0.25, 0.3) is 0 Å². The van der Waals surface area contributed by atoms with Crippen molar-refractivity contribution in [3.05, 3.63) is 28.8 Å². The van der Waals surface area contributed by atoms with Crippen LogP contribution in [-0.2, 0) is 0 Å². The van der Waals surface area contributed by atoms with Gasteiger partial charge in [-0.1, -0.05) is 11.6 Å². The van der Waals surface area contributed by atoms with Gasteiger partial charge in [-0.15, -0.1) is 0 Å². The zero-order valence-electron chi connectivity index (χ0n) is 8.77. The third-order valence-corrected chi connectivity index (χ3v) is 2.09. The van der Waals surface area contributed by atoms with Gasteiger partial charge in [0.1, 0.15) is 12.3 Å². The Balaban J connectivity index is 2.84. The number of methoxy groups -OCH3 is 1. The quantitative estimate of drug-likeness (QED) is 0.914. The molecule has 1 amide bonds. The second kappa shape index (κ2) is 5.27. The van der Waals surface area contributed by atoms with Crippen LogP contribution >= 0.6 is 11.6 Å². The molecular weight excluding hydrogens is 259 g/mol. The van der Waals surface area contributed by atoms with Crippen LogP contribution in [0.2, 0.25) is 5.02 Å². The first kappa shape index (κ1) is 13.6. The highest BCUT2D eigenvalue weighted by Gasteiger charge is 2.28. The van der Waals surface area contributed by atoms with Gasteiger partial charge in [-0.25, -0.2) is 0 Å². The Morgan fingerprint density at radius 1 is 1.47 bits per heavy atom. The summed E-state index contributed by atoms with van der Waals surface area (Å²) in [5.41, 5.74) is -0.0377. The number of hydrogen-bond acceptors (Lipinski definition) is 2. The molecule has 1 aromatic carbocycles. The smallest absolute Gasteiger partial charge is 0.405 e. The first-order chi connectivity index (χ1) is 7.83. The van der Waals surface area contributed by atoms with E-state index in [1.165, 1.54) is 25.3 Å². The third-order valence-electron chi connectivity index (χ3n) is 1.86. The number of benzene rings is 1. The van der Waals surface area contributed by atoms with Gasteiger partial charge in [0.15, 0.2) is 0 Å². The highest BCUT2D eigenvalue weighted by atomic mass is 35.5. The highest BCUT2D eigenvalue weighted by molar-refractivity contribution is 6.31. The van der Waals surface area contributed by atoms with E-state index in [4.69, 9.17) is 16.3 Å². The normalized spacial score (nSPS) is 11.1. The number of amides is 1. The summed E-state index contributed by atoms with van der Waals surface area (Å²) in [6.07, 6.45) is -4.46. The number of alkyl halides is 3. The zero-order valence-corrected chi connectivity index (χ0v) is 9.52. The van der Waals surface area contributed by atoms with Gasteiger partial charge in [0, 0.05) is 5.02 Å². The molecule has 0 aliphatic carbocycles. The zero-order chi connectivity index (χ0) is 13.1. The molecule has 0 spiro atoms. The molecule has 17 heavy (non-hydrogen) atoms. The monoisotopic (exact) mass is 267 g/mol. The van der Waals surface area contributed by atoms with Gasteiger partial charge in [0.2, 0.25) is 0 Å². The van der Waals surface area contributed by atoms with Gasteiger partial charge in [-0.3, -0.25) is 4.79 Å². The molecule has 0 bridgehead atoms. The number of carbonyl (C=O) groups is 1. The first-order valence-electron chi connectivity index (χ1n) is 4.52. The number of rotatable bonds is 3. The van der Waals surface area contributed by atoms with Gasteiger partial charge < -0.3 is 10.1 Å². The predicted octanol–water partition coefficient (Wildman–Crippen LogP) is 2.64. The lowest BCUT2D eigenvalue weighted by Crippen LogP contribution is -2.33. The summed E-state index contributed by atoms with van der Waals surface area (Å²) < 4.78 is 40.6. The molecule has 0 saturated carbocycles. The topological polar surface area (TPSA) is 38.3 Å². The van der Waals surface area contributed by atoms with Crippen molar-refractivity contribution in [2.24, 2.45) is 0 Å². The molecule has 0 heterocycles. The van der Waals surface area contributed by atoms with Crippen molar-refractivity contribution in [3.8, 4) is 5.75 Å². The van der Waals surface area contributed by atoms with Crippen LogP contribution in [-0.4, -0.2) is 25.7 Å². The van der Waals surface area contributed by atoms with Crippen LogP contribution in [0.1, 0.15) is 10.4 Å². The minimum atomic E-state index is -4.46. The highest BCUT2D eigenvalue weighted by Crippen LogP contribution is 2.22. The van der Waals surface area contributed by atoms with E-state index in [0.717, 1.165) is 0 Å². The fourth-order valence-corrected chi connectivity index (χ4v) is 1.31. The van der Waals surface area contributed by atoms with Gasteiger partial charge in [0.25, 0.3) is 5.91 Å². The van der Waals surface area contributed by atoms with Crippen LogP contribution in [0.5, 0.6) is 5.75 Å². The van der Waals surface area contributed by atoms with E-state index in [2.05, 4.69) is 0 Å². The Kier molecular flexibility index (Phi) is 4.22. The molecule has 94 valence electrons. The standard InChI is InChI=1S/C10H9ClF3NO2/c1-17-8-3-2-6(11)4-7(8)9(16)15-5-10(12,13)14/h2-4H,5H2,1H3,(H,15,16). The van der Waals surface area contributed by atoms with Crippen LogP contribution in [0, 0.1) is 0 Å². The van der Waals surface area contributed by atoms with E-state index >= 15 is 0 Å². The molecule has 0 fully saturated rings. The van der Waals surface area contributed by atoms with Gasteiger partial charge in [-0.05, 0) is 18.2 Å². The van der Waals surface area contributed by atoms with Crippen molar-refractivity contribution >= 4 is 17.5 Å². The van der Waals surface area contributed by atoms with Crippen molar-refractivity contribution < 1.29 is 22.7 Å². The Hall–Kier alpha value is -1.43. The molecule has 0 aromatic heterocycles. The number of ether oxygens (including phenoxy) is 1. The Morgan fingerprint density at radius 3 is 2.65 bits per heavy atom. The average Bonchev–Trinajstić information content (AvgIpc) is 2.25. The lowest BCUT2D eigenvalue weighted by Gasteiger charge is -2.11. The SMILES string of the molecule is COc1ccc(Cl)cc1C(=O)NCC(F)(F)F. The minimum Gasteiger partial charge on any atom is -0.496 e. The molecule has 1 aromatic rings. The molecule has 1 rings (SSSR count). The van der Waals surface area contributed by atoms with Gasteiger partial charge >= 0.3 is 6.18 Å². The molecule has 0 saturated heterocycles. The summed E-state index contributed by atoms with van der Waals surface area (Å²) in [5.74, 6) is -0.726. The Bertz CT molecular complexity index is 421. The van der Waals surface area contributed by atoms with E-state index in [1.807, 2.05) is 0 Å². The molecule has 0 unspecified atom stereocenters. The summed E-state index contributed by atoms with van der Waals surface area (Å²) in [7, 11) is 1.31. The Morgan fingerprint density at radius 2 is 2.12 bits per heavy atom. The molecule has 0 aliphatic rings. The predicted molar refractivity (Wildman–Crippen MR) is 56.4 cm³/mol. The van der Waals surface area contributed by atoms with E-state index in [-0.39, 0.29) is 16.3 Å². The fourth-order valence-electron chi connectivity index (χ4n) is 1.13. The molecule has 7 heteroatoms. The van der Waals surface area contributed by atoms with Crippen molar-refractivity contribution in [1.29, 1.82) is 0 Å². The fraction of sp³-hybridized carbons (Fsp3) is 0.300. The maximum absolute atomic E-state index is 11.9. The number of nitrogens with one attached hydrogen (secondary N) is 1. The van der Waals surface area contributed by atoms with Crippen LogP contribution in [0.4, 0.5) is 13.2 Å². The maximum Gasteiger partial charge on any atom is 0.405 e. The second-order valence-corrected chi connectivity index (χ2v) is 3.58. The van der Waals surface area contributed by atoms with Crippen LogP contribution in [0.15, 0.2) is 18.2 Å². The van der Waals surface area contributed by atoms with E-state index < -0.39 is 18.6 Å². The minimum absolute atomic E-state index is 0.0377.